The molecule has 1 aliphatic carbocycles. The second-order valence-electron chi connectivity index (χ2n) is 4.98. The number of hydrogen-bond donors (Lipinski definition) is 1. The Bertz CT molecular complexity index is 443. The highest BCUT2D eigenvalue weighted by atomic mass is 79.9. The summed E-state index contributed by atoms with van der Waals surface area (Å²) in [5, 5.41) is 3.15. The monoisotopic (exact) mass is 310 g/mol. The van der Waals surface area contributed by atoms with E-state index in [0.29, 0.717) is 0 Å². The maximum absolute atomic E-state index is 12.7. The van der Waals surface area contributed by atoms with E-state index >= 15 is 0 Å². The molecule has 0 saturated heterocycles. The van der Waals surface area contributed by atoms with Crippen molar-refractivity contribution in [2.24, 2.45) is 5.41 Å². The maximum atomic E-state index is 12.7. The molecule has 1 amide bonds. The van der Waals surface area contributed by atoms with Gasteiger partial charge in [-0.1, -0.05) is 18.6 Å². The van der Waals surface area contributed by atoms with E-state index in [-0.39, 0.29) is 11.3 Å². The van der Waals surface area contributed by atoms with Gasteiger partial charge in [0.2, 0.25) is 5.91 Å². The Morgan fingerprint density at radius 1 is 1.44 bits per heavy atom. The molecule has 0 bridgehead atoms. The van der Waals surface area contributed by atoms with Crippen molar-refractivity contribution in [2.75, 3.05) is 25.5 Å². The third-order valence-corrected chi connectivity index (χ3v) is 4.47. The quantitative estimate of drug-likeness (QED) is 0.927. The predicted octanol–water partition coefficient (Wildman–Crippen LogP) is 2.80. The van der Waals surface area contributed by atoms with Crippen LogP contribution in [-0.4, -0.2) is 26.5 Å². The standard InChI is InChI=1S/C14H19BrN2O/c1-16-10-14(8-5-9-14)13(18)17(2)12-7-4-3-6-11(12)15/h3-4,6-7,16H,5,8-10H2,1-2H3. The largest absolute Gasteiger partial charge is 0.319 e. The molecule has 0 aliphatic heterocycles. The first kappa shape index (κ1) is 13.6. The van der Waals surface area contributed by atoms with E-state index in [4.69, 9.17) is 0 Å². The normalized spacial score (nSPS) is 17.1. The van der Waals surface area contributed by atoms with Gasteiger partial charge >= 0.3 is 0 Å². The lowest BCUT2D eigenvalue weighted by Gasteiger charge is -2.42. The van der Waals surface area contributed by atoms with Crippen LogP contribution in [0.4, 0.5) is 5.69 Å². The summed E-state index contributed by atoms with van der Waals surface area (Å²) in [6, 6.07) is 7.84. The van der Waals surface area contributed by atoms with Gasteiger partial charge < -0.3 is 10.2 Å². The first-order valence-electron chi connectivity index (χ1n) is 6.28. The van der Waals surface area contributed by atoms with E-state index in [2.05, 4.69) is 21.2 Å². The Morgan fingerprint density at radius 2 is 2.11 bits per heavy atom. The molecule has 1 aliphatic rings. The second kappa shape index (κ2) is 5.41. The van der Waals surface area contributed by atoms with Crippen LogP contribution >= 0.6 is 15.9 Å². The van der Waals surface area contributed by atoms with Crippen LogP contribution in [0, 0.1) is 5.41 Å². The minimum atomic E-state index is -0.196. The Hall–Kier alpha value is -0.870. The Morgan fingerprint density at radius 3 is 2.61 bits per heavy atom. The van der Waals surface area contributed by atoms with Crippen molar-refractivity contribution in [1.29, 1.82) is 0 Å². The van der Waals surface area contributed by atoms with Crippen LogP contribution in [0.25, 0.3) is 0 Å². The molecular formula is C14H19BrN2O. The number of anilines is 1. The lowest BCUT2D eigenvalue weighted by Crippen LogP contribution is -2.51. The van der Waals surface area contributed by atoms with Crippen molar-refractivity contribution in [3.63, 3.8) is 0 Å². The first-order chi connectivity index (χ1) is 8.60. The van der Waals surface area contributed by atoms with Gasteiger partial charge in [0.05, 0.1) is 11.1 Å². The molecule has 0 spiro atoms. The number of benzene rings is 1. The summed E-state index contributed by atoms with van der Waals surface area (Å²) < 4.78 is 0.958. The summed E-state index contributed by atoms with van der Waals surface area (Å²) in [4.78, 5) is 14.4. The number of halogens is 1. The van der Waals surface area contributed by atoms with E-state index < -0.39 is 0 Å². The fraction of sp³-hybridized carbons (Fsp3) is 0.500. The van der Waals surface area contributed by atoms with Crippen LogP contribution in [0.3, 0.4) is 0 Å². The molecule has 0 unspecified atom stereocenters. The van der Waals surface area contributed by atoms with E-state index in [1.807, 2.05) is 38.4 Å². The highest BCUT2D eigenvalue weighted by Crippen LogP contribution is 2.43. The lowest BCUT2D eigenvalue weighted by molar-refractivity contribution is -0.132. The number of carbonyl (C=O) groups is 1. The number of nitrogens with zero attached hydrogens (tertiary/aromatic N) is 1. The number of amides is 1. The molecule has 3 nitrogen and oxygen atoms in total. The van der Waals surface area contributed by atoms with Crippen molar-refractivity contribution in [1.82, 2.24) is 5.32 Å². The molecule has 98 valence electrons. The molecular weight excluding hydrogens is 292 g/mol. The average Bonchev–Trinajstić information content (AvgIpc) is 2.33. The zero-order valence-electron chi connectivity index (χ0n) is 10.9. The Kier molecular flexibility index (Phi) is 4.07. The number of nitrogens with one attached hydrogen (secondary N) is 1. The zero-order chi connectivity index (χ0) is 13.2. The van der Waals surface area contributed by atoms with Gasteiger partial charge in [0.25, 0.3) is 0 Å². The molecule has 1 saturated carbocycles. The molecule has 4 heteroatoms. The summed E-state index contributed by atoms with van der Waals surface area (Å²) in [6.07, 6.45) is 3.13. The topological polar surface area (TPSA) is 32.3 Å². The van der Waals surface area contributed by atoms with Crippen molar-refractivity contribution in [3.8, 4) is 0 Å². The number of rotatable bonds is 4. The van der Waals surface area contributed by atoms with Gasteiger partial charge in [-0.25, -0.2) is 0 Å². The van der Waals surface area contributed by atoms with Crippen molar-refractivity contribution in [3.05, 3.63) is 28.7 Å². The van der Waals surface area contributed by atoms with E-state index in [0.717, 1.165) is 36.0 Å². The van der Waals surface area contributed by atoms with Gasteiger partial charge in [0, 0.05) is 18.1 Å². The average molecular weight is 311 g/mol. The van der Waals surface area contributed by atoms with Crippen LogP contribution < -0.4 is 10.2 Å². The zero-order valence-corrected chi connectivity index (χ0v) is 12.5. The van der Waals surface area contributed by atoms with Gasteiger partial charge in [-0.3, -0.25) is 4.79 Å². The summed E-state index contributed by atoms with van der Waals surface area (Å²) in [5.41, 5.74) is 0.739. The molecule has 0 aromatic heterocycles. The van der Waals surface area contributed by atoms with Crippen LogP contribution in [-0.2, 0) is 4.79 Å². The van der Waals surface area contributed by atoms with E-state index in [1.165, 1.54) is 0 Å². The molecule has 1 aromatic rings. The van der Waals surface area contributed by atoms with Crippen LogP contribution in [0.1, 0.15) is 19.3 Å². The highest BCUT2D eigenvalue weighted by Gasteiger charge is 2.45. The van der Waals surface area contributed by atoms with E-state index in [1.54, 1.807) is 4.90 Å². The molecule has 0 heterocycles. The number of hydrogen-bond acceptors (Lipinski definition) is 2. The van der Waals surface area contributed by atoms with Crippen molar-refractivity contribution >= 4 is 27.5 Å². The summed E-state index contributed by atoms with van der Waals surface area (Å²) in [7, 11) is 3.77. The smallest absolute Gasteiger partial charge is 0.234 e. The van der Waals surface area contributed by atoms with Crippen LogP contribution in [0.2, 0.25) is 0 Å². The van der Waals surface area contributed by atoms with Gasteiger partial charge in [0.15, 0.2) is 0 Å². The number of para-hydroxylation sites is 1. The van der Waals surface area contributed by atoms with Crippen LogP contribution in [0.5, 0.6) is 0 Å². The summed E-state index contributed by atoms with van der Waals surface area (Å²) in [6.45, 7) is 0.765. The van der Waals surface area contributed by atoms with Gasteiger partial charge in [-0.15, -0.1) is 0 Å². The fourth-order valence-corrected chi connectivity index (χ4v) is 3.15. The molecule has 0 radical (unpaired) electrons. The summed E-state index contributed by atoms with van der Waals surface area (Å²) in [5.74, 6) is 0.218. The van der Waals surface area contributed by atoms with Crippen LogP contribution in [0.15, 0.2) is 28.7 Å². The third-order valence-electron chi connectivity index (χ3n) is 3.80. The minimum Gasteiger partial charge on any atom is -0.319 e. The second-order valence-corrected chi connectivity index (χ2v) is 5.83. The molecule has 1 N–H and O–H groups in total. The molecule has 1 aromatic carbocycles. The van der Waals surface area contributed by atoms with Gasteiger partial charge in [0.1, 0.15) is 0 Å². The first-order valence-corrected chi connectivity index (χ1v) is 7.07. The minimum absolute atomic E-state index is 0.196. The fourth-order valence-electron chi connectivity index (χ4n) is 2.60. The van der Waals surface area contributed by atoms with Crippen molar-refractivity contribution in [2.45, 2.75) is 19.3 Å². The highest BCUT2D eigenvalue weighted by molar-refractivity contribution is 9.10. The van der Waals surface area contributed by atoms with Gasteiger partial charge in [-0.05, 0) is 48.0 Å². The molecule has 18 heavy (non-hydrogen) atoms. The third kappa shape index (κ3) is 2.31. The predicted molar refractivity (Wildman–Crippen MR) is 77.8 cm³/mol. The molecule has 0 atom stereocenters. The van der Waals surface area contributed by atoms with Gasteiger partial charge in [-0.2, -0.15) is 0 Å². The number of carbonyl (C=O) groups excluding carboxylic acids is 1. The van der Waals surface area contributed by atoms with E-state index in [9.17, 15) is 4.79 Å². The molecule has 1 fully saturated rings. The SMILES string of the molecule is CNCC1(C(=O)N(C)c2ccccc2Br)CCC1. The Labute approximate surface area is 117 Å². The Balaban J connectivity index is 2.21. The van der Waals surface area contributed by atoms with Crippen molar-refractivity contribution < 1.29 is 4.79 Å². The molecule has 2 rings (SSSR count). The summed E-state index contributed by atoms with van der Waals surface area (Å²) >= 11 is 3.50. The maximum Gasteiger partial charge on any atom is 0.234 e. The lowest BCUT2D eigenvalue weighted by atomic mass is 9.67.